The van der Waals surface area contributed by atoms with Gasteiger partial charge in [-0.3, -0.25) is 0 Å². The average molecular weight is 305 g/mol. The van der Waals surface area contributed by atoms with Gasteiger partial charge >= 0.3 is 6.03 Å². The molecule has 7 heteroatoms. The van der Waals surface area contributed by atoms with Crippen LogP contribution >= 0.6 is 0 Å². The lowest BCUT2D eigenvalue weighted by atomic mass is 10.2. The normalized spacial score (nSPS) is 11.0. The number of aryl methyl sites for hydroxylation is 1. The molecule has 0 aromatic heterocycles. The minimum atomic E-state index is -3.90. The van der Waals surface area contributed by atoms with Gasteiger partial charge in [0.1, 0.15) is 4.90 Å². The molecular weight excluding hydrogens is 290 g/mol. The van der Waals surface area contributed by atoms with Crippen molar-refractivity contribution < 1.29 is 13.2 Å². The predicted octanol–water partition coefficient (Wildman–Crippen LogP) is 2.29. The van der Waals surface area contributed by atoms with Gasteiger partial charge in [-0.15, -0.1) is 0 Å². The van der Waals surface area contributed by atoms with Crippen molar-refractivity contribution in [3.05, 3.63) is 54.1 Å². The van der Waals surface area contributed by atoms with Crippen LogP contribution in [0.15, 0.2) is 53.4 Å². The van der Waals surface area contributed by atoms with Gasteiger partial charge in [0.2, 0.25) is 10.0 Å². The van der Waals surface area contributed by atoms with Gasteiger partial charge in [0, 0.05) is 5.69 Å². The van der Waals surface area contributed by atoms with Crippen LogP contribution in [-0.2, 0) is 10.0 Å². The van der Waals surface area contributed by atoms with Crippen LogP contribution < -0.4 is 15.8 Å². The van der Waals surface area contributed by atoms with Gasteiger partial charge in [-0.25, -0.2) is 18.4 Å². The largest absolute Gasteiger partial charge is 0.323 e. The van der Waals surface area contributed by atoms with Crippen molar-refractivity contribution in [1.82, 2.24) is 0 Å². The molecule has 0 saturated carbocycles. The van der Waals surface area contributed by atoms with Crippen molar-refractivity contribution >= 4 is 27.4 Å². The molecule has 0 heterocycles. The molecule has 2 rings (SSSR count). The Morgan fingerprint density at radius 2 is 1.76 bits per heavy atom. The third-order valence-corrected chi connectivity index (χ3v) is 3.69. The maximum absolute atomic E-state index is 11.9. The maximum atomic E-state index is 11.9. The van der Waals surface area contributed by atoms with Crippen LogP contribution in [0.4, 0.5) is 16.2 Å². The summed E-state index contributed by atoms with van der Waals surface area (Å²) in [6.07, 6.45) is 0. The first-order valence-electron chi connectivity index (χ1n) is 6.13. The minimum Gasteiger partial charge on any atom is -0.308 e. The minimum absolute atomic E-state index is 0.130. The van der Waals surface area contributed by atoms with E-state index in [9.17, 15) is 13.2 Å². The Morgan fingerprint density at radius 3 is 2.43 bits per heavy atom. The second-order valence-corrected chi connectivity index (χ2v) is 6.02. The van der Waals surface area contributed by atoms with Crippen molar-refractivity contribution in [3.63, 3.8) is 0 Å². The molecule has 21 heavy (non-hydrogen) atoms. The Bertz CT molecular complexity index is 773. The SMILES string of the molecule is Cc1cccc(NC(=O)Nc2ccccc2S(N)(=O)=O)c1. The highest BCUT2D eigenvalue weighted by molar-refractivity contribution is 7.89. The predicted molar refractivity (Wildman–Crippen MR) is 81.6 cm³/mol. The van der Waals surface area contributed by atoms with Gasteiger partial charge in [0.15, 0.2) is 0 Å². The van der Waals surface area contributed by atoms with E-state index in [2.05, 4.69) is 10.6 Å². The highest BCUT2D eigenvalue weighted by Crippen LogP contribution is 2.19. The summed E-state index contributed by atoms with van der Waals surface area (Å²) in [4.78, 5) is 11.8. The van der Waals surface area contributed by atoms with Crippen LogP contribution in [0.5, 0.6) is 0 Å². The Labute approximate surface area is 123 Å². The number of rotatable bonds is 3. The second-order valence-electron chi connectivity index (χ2n) is 4.49. The molecule has 4 N–H and O–H groups in total. The van der Waals surface area contributed by atoms with Crippen LogP contribution in [0.3, 0.4) is 0 Å². The molecular formula is C14H15N3O3S. The summed E-state index contributed by atoms with van der Waals surface area (Å²) in [5.41, 5.74) is 1.74. The van der Waals surface area contributed by atoms with Gasteiger partial charge in [-0.1, -0.05) is 24.3 Å². The van der Waals surface area contributed by atoms with Crippen LogP contribution in [0.25, 0.3) is 0 Å². The number of carbonyl (C=O) groups is 1. The van der Waals surface area contributed by atoms with E-state index in [4.69, 9.17) is 5.14 Å². The molecule has 0 unspecified atom stereocenters. The van der Waals surface area contributed by atoms with E-state index < -0.39 is 16.1 Å². The first kappa shape index (κ1) is 15.0. The summed E-state index contributed by atoms with van der Waals surface area (Å²) in [6.45, 7) is 1.90. The van der Waals surface area contributed by atoms with Gasteiger partial charge in [0.25, 0.3) is 0 Å². The van der Waals surface area contributed by atoms with E-state index in [0.717, 1.165) is 5.56 Å². The quantitative estimate of drug-likeness (QED) is 0.810. The summed E-state index contributed by atoms with van der Waals surface area (Å²) < 4.78 is 22.9. The Kier molecular flexibility index (Phi) is 4.25. The third-order valence-electron chi connectivity index (χ3n) is 2.72. The van der Waals surface area contributed by atoms with Crippen LogP contribution in [0, 0.1) is 6.92 Å². The lowest BCUT2D eigenvalue weighted by Crippen LogP contribution is -2.22. The van der Waals surface area contributed by atoms with E-state index in [1.807, 2.05) is 19.1 Å². The van der Waals surface area contributed by atoms with Gasteiger partial charge < -0.3 is 10.6 Å². The van der Waals surface area contributed by atoms with Crippen molar-refractivity contribution in [3.8, 4) is 0 Å². The standard InChI is InChI=1S/C14H15N3O3S/c1-10-5-4-6-11(9-10)16-14(18)17-12-7-2-3-8-13(12)21(15,19)20/h2-9H,1H3,(H2,15,19,20)(H2,16,17,18). The number of primary sulfonamides is 1. The fourth-order valence-electron chi connectivity index (χ4n) is 1.83. The third kappa shape index (κ3) is 4.04. The molecule has 0 spiro atoms. The molecule has 2 amide bonds. The van der Waals surface area contributed by atoms with Gasteiger partial charge in [-0.05, 0) is 36.8 Å². The summed E-state index contributed by atoms with van der Waals surface area (Å²) in [5, 5.41) is 10.2. The second kappa shape index (κ2) is 5.94. The van der Waals surface area contributed by atoms with Crippen LogP contribution in [0.1, 0.15) is 5.56 Å². The topological polar surface area (TPSA) is 101 Å². The molecule has 6 nitrogen and oxygen atoms in total. The van der Waals surface area contributed by atoms with E-state index >= 15 is 0 Å². The molecule has 0 aliphatic heterocycles. The van der Waals surface area contributed by atoms with Crippen molar-refractivity contribution in [2.45, 2.75) is 11.8 Å². The molecule has 2 aromatic rings. The number of carbonyl (C=O) groups excluding carboxylic acids is 1. The average Bonchev–Trinajstić information content (AvgIpc) is 2.37. The van der Waals surface area contributed by atoms with E-state index in [0.29, 0.717) is 5.69 Å². The Morgan fingerprint density at radius 1 is 1.05 bits per heavy atom. The van der Waals surface area contributed by atoms with Crippen LogP contribution in [0.2, 0.25) is 0 Å². The highest BCUT2D eigenvalue weighted by atomic mass is 32.2. The Balaban J connectivity index is 2.17. The number of urea groups is 1. The lowest BCUT2D eigenvalue weighted by Gasteiger charge is -2.11. The monoisotopic (exact) mass is 305 g/mol. The first-order valence-corrected chi connectivity index (χ1v) is 7.67. The molecule has 0 aliphatic carbocycles. The summed E-state index contributed by atoms with van der Waals surface area (Å²) >= 11 is 0. The number of amides is 2. The Hall–Kier alpha value is -2.38. The number of hydrogen-bond acceptors (Lipinski definition) is 3. The van der Waals surface area contributed by atoms with Gasteiger partial charge in [0.05, 0.1) is 5.69 Å². The summed E-state index contributed by atoms with van der Waals surface area (Å²) in [6, 6.07) is 12.6. The number of anilines is 2. The summed E-state index contributed by atoms with van der Waals surface area (Å²) in [5.74, 6) is 0. The molecule has 0 bridgehead atoms. The molecule has 110 valence electrons. The molecule has 0 atom stereocenters. The highest BCUT2D eigenvalue weighted by Gasteiger charge is 2.14. The zero-order valence-electron chi connectivity index (χ0n) is 11.3. The number of hydrogen-bond donors (Lipinski definition) is 3. The fourth-order valence-corrected chi connectivity index (χ4v) is 2.52. The number of nitrogens with one attached hydrogen (secondary N) is 2. The molecule has 0 saturated heterocycles. The number of sulfonamides is 1. The lowest BCUT2D eigenvalue weighted by molar-refractivity contribution is 0.262. The van der Waals surface area contributed by atoms with Crippen molar-refractivity contribution in [1.29, 1.82) is 0 Å². The number of nitrogens with two attached hydrogens (primary N) is 1. The smallest absolute Gasteiger partial charge is 0.308 e. The van der Waals surface area contributed by atoms with Crippen LogP contribution in [-0.4, -0.2) is 14.4 Å². The molecule has 0 radical (unpaired) electrons. The van der Waals surface area contributed by atoms with Crippen molar-refractivity contribution in [2.75, 3.05) is 10.6 Å². The van der Waals surface area contributed by atoms with E-state index in [1.165, 1.54) is 18.2 Å². The van der Waals surface area contributed by atoms with Crippen molar-refractivity contribution in [2.24, 2.45) is 5.14 Å². The van der Waals surface area contributed by atoms with Gasteiger partial charge in [-0.2, -0.15) is 0 Å². The zero-order valence-corrected chi connectivity index (χ0v) is 12.1. The summed E-state index contributed by atoms with van der Waals surface area (Å²) in [7, 11) is -3.90. The van der Waals surface area contributed by atoms with E-state index in [-0.39, 0.29) is 10.6 Å². The molecule has 0 fully saturated rings. The first-order chi connectivity index (χ1) is 9.86. The molecule has 2 aromatic carbocycles. The fraction of sp³-hybridized carbons (Fsp3) is 0.0714. The number of para-hydroxylation sites is 1. The number of benzene rings is 2. The van der Waals surface area contributed by atoms with E-state index in [1.54, 1.807) is 18.2 Å². The molecule has 0 aliphatic rings. The maximum Gasteiger partial charge on any atom is 0.323 e. The zero-order chi connectivity index (χ0) is 15.5.